The summed E-state index contributed by atoms with van der Waals surface area (Å²) in [6.45, 7) is 0. The number of aliphatic carboxylic acids is 1. The molecule has 0 spiro atoms. The Bertz CT molecular complexity index is 225. The van der Waals surface area contributed by atoms with Crippen LogP contribution >= 0.6 is 0 Å². The van der Waals surface area contributed by atoms with Crippen LogP contribution in [0.4, 0.5) is 13.2 Å². The summed E-state index contributed by atoms with van der Waals surface area (Å²) in [5, 5.41) is 8.20. The van der Waals surface area contributed by atoms with Crippen LogP contribution in [0.3, 0.4) is 0 Å². The van der Waals surface area contributed by atoms with Crippen LogP contribution in [0.25, 0.3) is 0 Å². The Labute approximate surface area is 66.7 Å². The van der Waals surface area contributed by atoms with Crippen molar-refractivity contribution in [3.63, 3.8) is 0 Å². The molecule has 5 heteroatoms. The number of carboxylic acid groups (broad SMARTS) is 1. The van der Waals surface area contributed by atoms with Crippen molar-refractivity contribution in [1.82, 2.24) is 0 Å². The Morgan fingerprint density at radius 2 is 1.92 bits per heavy atom. The number of alkyl halides is 3. The molecule has 12 heavy (non-hydrogen) atoms. The zero-order chi connectivity index (χ0) is 9.35. The van der Waals surface area contributed by atoms with Gasteiger partial charge in [0, 0.05) is 0 Å². The lowest BCUT2D eigenvalue weighted by Gasteiger charge is -2.05. The van der Waals surface area contributed by atoms with Crippen LogP contribution in [0.5, 0.6) is 0 Å². The number of allylic oxidation sites excluding steroid dienone is 1. The standard InChI is InChI=1S/C7H7F3O2/c8-7(9,10)5(6(11)12)3-4-1-2-4/h3-4H,1-2H2,(H,11,12)/b5-3+. The van der Waals surface area contributed by atoms with Crippen LogP contribution in [-0.4, -0.2) is 17.3 Å². The fraction of sp³-hybridized carbons (Fsp3) is 0.571. The van der Waals surface area contributed by atoms with Crippen LogP contribution in [0, 0.1) is 5.92 Å². The average molecular weight is 180 g/mol. The molecule has 1 aliphatic carbocycles. The maximum Gasteiger partial charge on any atom is 0.423 e. The molecule has 0 amide bonds. The molecule has 0 unspecified atom stereocenters. The molecule has 0 radical (unpaired) electrons. The number of hydrogen-bond acceptors (Lipinski definition) is 1. The van der Waals surface area contributed by atoms with Gasteiger partial charge in [0.15, 0.2) is 0 Å². The SMILES string of the molecule is O=C(O)/C(=C\C1CC1)C(F)(F)F. The van der Waals surface area contributed by atoms with Gasteiger partial charge in [0.2, 0.25) is 0 Å². The van der Waals surface area contributed by atoms with E-state index in [0.29, 0.717) is 12.8 Å². The normalized spacial score (nSPS) is 19.4. The quantitative estimate of drug-likeness (QED) is 0.659. The first kappa shape index (κ1) is 9.09. The maximum atomic E-state index is 11.9. The van der Waals surface area contributed by atoms with Gasteiger partial charge in [-0.05, 0) is 18.8 Å². The summed E-state index contributed by atoms with van der Waals surface area (Å²) in [7, 11) is 0. The van der Waals surface area contributed by atoms with E-state index in [-0.39, 0.29) is 5.92 Å². The van der Waals surface area contributed by atoms with E-state index in [9.17, 15) is 18.0 Å². The van der Waals surface area contributed by atoms with Crippen molar-refractivity contribution >= 4 is 5.97 Å². The van der Waals surface area contributed by atoms with E-state index >= 15 is 0 Å². The zero-order valence-electron chi connectivity index (χ0n) is 6.06. The summed E-state index contributed by atoms with van der Waals surface area (Å²) < 4.78 is 35.7. The number of rotatable bonds is 2. The molecule has 0 bridgehead atoms. The highest BCUT2D eigenvalue weighted by Gasteiger charge is 2.40. The van der Waals surface area contributed by atoms with Crippen LogP contribution in [0.15, 0.2) is 11.6 Å². The highest BCUT2D eigenvalue weighted by atomic mass is 19.4. The molecular weight excluding hydrogens is 173 g/mol. The van der Waals surface area contributed by atoms with Crippen LogP contribution < -0.4 is 0 Å². The van der Waals surface area contributed by atoms with Crippen LogP contribution in [0.2, 0.25) is 0 Å². The Morgan fingerprint density at radius 3 is 2.17 bits per heavy atom. The van der Waals surface area contributed by atoms with Crippen LogP contribution in [0.1, 0.15) is 12.8 Å². The Morgan fingerprint density at radius 1 is 1.42 bits per heavy atom. The van der Waals surface area contributed by atoms with Crippen LogP contribution in [-0.2, 0) is 4.79 Å². The molecule has 0 heterocycles. The van der Waals surface area contributed by atoms with E-state index in [1.165, 1.54) is 0 Å². The van der Waals surface area contributed by atoms with Crippen molar-refractivity contribution in [3.8, 4) is 0 Å². The molecule has 0 atom stereocenters. The third-order valence-electron chi connectivity index (χ3n) is 1.56. The van der Waals surface area contributed by atoms with E-state index < -0.39 is 17.7 Å². The van der Waals surface area contributed by atoms with Gasteiger partial charge in [0.1, 0.15) is 5.57 Å². The number of carbonyl (C=O) groups is 1. The number of halogens is 3. The Kier molecular flexibility index (Phi) is 2.12. The molecule has 68 valence electrons. The number of hydrogen-bond donors (Lipinski definition) is 1. The van der Waals surface area contributed by atoms with Crippen molar-refractivity contribution in [2.45, 2.75) is 19.0 Å². The smallest absolute Gasteiger partial charge is 0.423 e. The molecule has 0 aromatic rings. The minimum absolute atomic E-state index is 0.183. The highest BCUT2D eigenvalue weighted by Crippen LogP contribution is 2.35. The maximum absolute atomic E-state index is 11.9. The summed E-state index contributed by atoms with van der Waals surface area (Å²) in [5.74, 6) is -2.08. The van der Waals surface area contributed by atoms with Gasteiger partial charge in [-0.2, -0.15) is 13.2 Å². The Hall–Kier alpha value is -1.00. The molecule has 0 aliphatic heterocycles. The van der Waals surface area contributed by atoms with Gasteiger partial charge in [-0.3, -0.25) is 0 Å². The fourth-order valence-corrected chi connectivity index (χ4v) is 0.786. The Balaban J connectivity index is 2.80. The summed E-state index contributed by atoms with van der Waals surface area (Å²) in [6, 6.07) is 0. The monoisotopic (exact) mass is 180 g/mol. The van der Waals surface area contributed by atoms with Gasteiger partial charge in [-0.15, -0.1) is 0 Å². The minimum atomic E-state index is -4.73. The highest BCUT2D eigenvalue weighted by molar-refractivity contribution is 5.88. The second kappa shape index (κ2) is 2.80. The van der Waals surface area contributed by atoms with E-state index in [1.54, 1.807) is 0 Å². The third-order valence-corrected chi connectivity index (χ3v) is 1.56. The molecule has 0 saturated heterocycles. The topological polar surface area (TPSA) is 37.3 Å². The molecule has 1 N–H and O–H groups in total. The van der Waals surface area contributed by atoms with Gasteiger partial charge < -0.3 is 5.11 Å². The molecule has 1 rings (SSSR count). The van der Waals surface area contributed by atoms with E-state index in [4.69, 9.17) is 5.11 Å². The molecule has 1 fully saturated rings. The lowest BCUT2D eigenvalue weighted by Crippen LogP contribution is -2.19. The van der Waals surface area contributed by atoms with Gasteiger partial charge in [-0.25, -0.2) is 4.79 Å². The van der Waals surface area contributed by atoms with E-state index in [2.05, 4.69) is 0 Å². The second-order valence-electron chi connectivity index (χ2n) is 2.72. The van der Waals surface area contributed by atoms with E-state index in [0.717, 1.165) is 6.08 Å². The predicted molar refractivity (Wildman–Crippen MR) is 34.5 cm³/mol. The zero-order valence-corrected chi connectivity index (χ0v) is 6.06. The van der Waals surface area contributed by atoms with Gasteiger partial charge in [-0.1, -0.05) is 6.08 Å². The van der Waals surface area contributed by atoms with Crippen molar-refractivity contribution in [2.24, 2.45) is 5.92 Å². The summed E-state index contributed by atoms with van der Waals surface area (Å²) in [4.78, 5) is 10.1. The van der Waals surface area contributed by atoms with Crippen molar-refractivity contribution < 1.29 is 23.1 Å². The molecule has 0 aromatic carbocycles. The summed E-state index contributed by atoms with van der Waals surface area (Å²) in [6.07, 6.45) is -2.61. The van der Waals surface area contributed by atoms with Gasteiger partial charge in [0.25, 0.3) is 0 Å². The van der Waals surface area contributed by atoms with Gasteiger partial charge in [0.05, 0.1) is 0 Å². The fourth-order valence-electron chi connectivity index (χ4n) is 0.786. The molecule has 1 aliphatic rings. The largest absolute Gasteiger partial charge is 0.478 e. The molecule has 1 saturated carbocycles. The average Bonchev–Trinajstić information content (AvgIpc) is 2.61. The second-order valence-corrected chi connectivity index (χ2v) is 2.72. The first-order chi connectivity index (χ1) is 5.41. The van der Waals surface area contributed by atoms with Crippen molar-refractivity contribution in [3.05, 3.63) is 11.6 Å². The van der Waals surface area contributed by atoms with Gasteiger partial charge >= 0.3 is 12.1 Å². The lowest BCUT2D eigenvalue weighted by molar-refractivity contribution is -0.144. The molecular formula is C7H7F3O2. The summed E-state index contributed by atoms with van der Waals surface area (Å²) >= 11 is 0. The predicted octanol–water partition coefficient (Wildman–Crippen LogP) is 1.97. The molecule has 2 nitrogen and oxygen atoms in total. The third kappa shape index (κ3) is 2.25. The van der Waals surface area contributed by atoms with Crippen molar-refractivity contribution in [2.75, 3.05) is 0 Å². The van der Waals surface area contributed by atoms with Crippen molar-refractivity contribution in [1.29, 1.82) is 0 Å². The first-order valence-electron chi connectivity index (χ1n) is 3.43. The molecule has 0 aromatic heterocycles. The van der Waals surface area contributed by atoms with E-state index in [1.807, 2.05) is 0 Å². The minimum Gasteiger partial charge on any atom is -0.478 e. The number of carboxylic acids is 1. The summed E-state index contributed by atoms with van der Waals surface area (Å²) in [5.41, 5.74) is -1.44. The lowest BCUT2D eigenvalue weighted by atomic mass is 10.2. The first-order valence-corrected chi connectivity index (χ1v) is 3.43.